The summed E-state index contributed by atoms with van der Waals surface area (Å²) in [5, 5.41) is 15.1. The molecule has 1 N–H and O–H groups in total. The minimum absolute atomic E-state index is 0.149. The molecule has 2 aromatic carbocycles. The molecule has 0 atom stereocenters. The zero-order valence-corrected chi connectivity index (χ0v) is 15.3. The van der Waals surface area contributed by atoms with Gasteiger partial charge in [0.1, 0.15) is 5.75 Å². The number of aromatic nitrogens is 5. The summed E-state index contributed by atoms with van der Waals surface area (Å²) >= 11 is 5.89. The highest BCUT2D eigenvalue weighted by molar-refractivity contribution is 6.30. The predicted octanol–water partition coefficient (Wildman–Crippen LogP) is 3.23. The Bertz CT molecular complexity index is 1120. The van der Waals surface area contributed by atoms with Crippen LogP contribution in [0.2, 0.25) is 5.02 Å². The van der Waals surface area contributed by atoms with Crippen molar-refractivity contribution in [1.82, 2.24) is 25.1 Å². The lowest BCUT2D eigenvalue weighted by atomic mass is 10.3. The fourth-order valence-electron chi connectivity index (χ4n) is 2.39. The lowest BCUT2D eigenvalue weighted by Gasteiger charge is -2.04. The number of carbonyl (C=O) groups excluding carboxylic acids is 1. The Labute approximate surface area is 163 Å². The molecule has 1 amide bonds. The molecule has 0 radical (unpaired) electrons. The first kappa shape index (κ1) is 17.7. The lowest BCUT2D eigenvalue weighted by Crippen LogP contribution is -2.12. The Kier molecular flexibility index (Phi) is 4.73. The molecule has 2 heterocycles. The van der Waals surface area contributed by atoms with E-state index in [0.717, 1.165) is 5.69 Å². The molecule has 28 heavy (non-hydrogen) atoms. The van der Waals surface area contributed by atoms with Gasteiger partial charge >= 0.3 is 11.8 Å². The monoisotopic (exact) mass is 396 g/mol. The minimum Gasteiger partial charge on any atom is -0.497 e. The third-order valence-corrected chi connectivity index (χ3v) is 4.01. The van der Waals surface area contributed by atoms with E-state index in [1.807, 2.05) is 0 Å². The van der Waals surface area contributed by atoms with Gasteiger partial charge in [-0.3, -0.25) is 4.79 Å². The van der Waals surface area contributed by atoms with Crippen LogP contribution < -0.4 is 10.1 Å². The third kappa shape index (κ3) is 3.69. The van der Waals surface area contributed by atoms with Crippen molar-refractivity contribution in [2.75, 3.05) is 12.4 Å². The van der Waals surface area contributed by atoms with Gasteiger partial charge in [0.15, 0.2) is 5.69 Å². The van der Waals surface area contributed by atoms with Crippen LogP contribution in [0.4, 0.5) is 5.69 Å². The van der Waals surface area contributed by atoms with Gasteiger partial charge in [-0.1, -0.05) is 28.0 Å². The van der Waals surface area contributed by atoms with Gasteiger partial charge in [0, 0.05) is 16.8 Å². The van der Waals surface area contributed by atoms with Gasteiger partial charge in [-0.15, -0.1) is 5.10 Å². The summed E-state index contributed by atoms with van der Waals surface area (Å²) in [7, 11) is 1.54. The number of methoxy groups -OCH3 is 1. The fraction of sp³-hybridized carbons (Fsp3) is 0.0556. The van der Waals surface area contributed by atoms with Crippen molar-refractivity contribution in [2.24, 2.45) is 0 Å². The van der Waals surface area contributed by atoms with E-state index < -0.39 is 5.91 Å². The highest BCUT2D eigenvalue weighted by Gasteiger charge is 2.18. The van der Waals surface area contributed by atoms with E-state index in [1.54, 1.807) is 61.8 Å². The van der Waals surface area contributed by atoms with Crippen LogP contribution in [0, 0.1) is 0 Å². The van der Waals surface area contributed by atoms with E-state index >= 15 is 0 Å². The first-order valence-corrected chi connectivity index (χ1v) is 8.48. The second-order valence-corrected chi connectivity index (χ2v) is 6.07. The molecule has 0 bridgehead atoms. The van der Waals surface area contributed by atoms with Gasteiger partial charge in [-0.05, 0) is 36.4 Å². The summed E-state index contributed by atoms with van der Waals surface area (Å²) in [6.45, 7) is 0. The molecule has 0 aliphatic heterocycles. The molecule has 0 saturated heterocycles. The number of hydrogen-bond acceptors (Lipinski definition) is 7. The summed E-state index contributed by atoms with van der Waals surface area (Å²) in [5.74, 6) is 0.0230. The van der Waals surface area contributed by atoms with Crippen molar-refractivity contribution < 1.29 is 14.1 Å². The molecule has 10 heteroatoms. The zero-order chi connectivity index (χ0) is 19.5. The van der Waals surface area contributed by atoms with Crippen LogP contribution in [0.1, 0.15) is 10.7 Å². The van der Waals surface area contributed by atoms with Crippen molar-refractivity contribution in [2.45, 2.75) is 0 Å². The van der Waals surface area contributed by atoms with Crippen LogP contribution in [0.25, 0.3) is 17.2 Å². The number of anilines is 1. The van der Waals surface area contributed by atoms with Gasteiger partial charge < -0.3 is 14.6 Å². The summed E-state index contributed by atoms with van der Waals surface area (Å²) in [6, 6.07) is 14.0. The van der Waals surface area contributed by atoms with E-state index in [-0.39, 0.29) is 11.7 Å². The molecule has 0 spiro atoms. The number of benzene rings is 2. The second kappa shape index (κ2) is 7.49. The normalized spacial score (nSPS) is 10.6. The van der Waals surface area contributed by atoms with E-state index in [9.17, 15) is 4.79 Å². The maximum absolute atomic E-state index is 12.3. The summed E-state index contributed by atoms with van der Waals surface area (Å²) < 4.78 is 11.7. The minimum atomic E-state index is -0.544. The number of amides is 1. The Hall–Kier alpha value is -3.72. The van der Waals surface area contributed by atoms with Crippen molar-refractivity contribution in [3.63, 3.8) is 0 Å². The predicted molar refractivity (Wildman–Crippen MR) is 101 cm³/mol. The number of halogens is 1. The van der Waals surface area contributed by atoms with E-state index in [2.05, 4.69) is 25.8 Å². The maximum Gasteiger partial charge on any atom is 0.316 e. The number of hydrogen-bond donors (Lipinski definition) is 1. The van der Waals surface area contributed by atoms with Crippen molar-refractivity contribution in [3.05, 3.63) is 65.6 Å². The molecule has 9 nitrogen and oxygen atoms in total. The van der Waals surface area contributed by atoms with Crippen LogP contribution in [0.5, 0.6) is 5.75 Å². The highest BCUT2D eigenvalue weighted by Crippen LogP contribution is 2.19. The molecular formula is C18H13ClN6O3. The second-order valence-electron chi connectivity index (χ2n) is 5.63. The Morgan fingerprint density at radius 3 is 2.82 bits per heavy atom. The molecule has 140 valence electrons. The smallest absolute Gasteiger partial charge is 0.316 e. The highest BCUT2D eigenvalue weighted by atomic mass is 35.5. The van der Waals surface area contributed by atoms with Crippen LogP contribution in [-0.2, 0) is 0 Å². The van der Waals surface area contributed by atoms with Gasteiger partial charge in [0.2, 0.25) is 5.82 Å². The number of carbonyl (C=O) groups is 1. The number of rotatable bonds is 5. The number of nitrogens with one attached hydrogen (secondary N) is 1. The molecule has 0 saturated carbocycles. The van der Waals surface area contributed by atoms with Crippen molar-refractivity contribution in [3.8, 4) is 23.0 Å². The zero-order valence-electron chi connectivity index (χ0n) is 14.5. The van der Waals surface area contributed by atoms with Gasteiger partial charge in [0.25, 0.3) is 0 Å². The number of ether oxygens (including phenoxy) is 1. The van der Waals surface area contributed by atoms with Gasteiger partial charge in [-0.25, -0.2) is 4.68 Å². The molecule has 4 rings (SSSR count). The topological polar surface area (TPSA) is 108 Å². The van der Waals surface area contributed by atoms with Gasteiger partial charge in [0.05, 0.1) is 19.0 Å². The maximum atomic E-state index is 12.3. The van der Waals surface area contributed by atoms with E-state index in [1.165, 1.54) is 4.68 Å². The summed E-state index contributed by atoms with van der Waals surface area (Å²) in [5.41, 5.74) is 1.67. The average molecular weight is 397 g/mol. The van der Waals surface area contributed by atoms with Crippen LogP contribution in [0.15, 0.2) is 59.3 Å². The standard InChI is InChI=1S/C18H13ClN6O3/c1-27-14-4-2-3-12(9-14)20-17(26)18-21-16(23-28-18)15-10-25(24-22-15)13-7-5-11(19)6-8-13/h2-10H,1H3,(H,20,26). The van der Waals surface area contributed by atoms with Crippen molar-refractivity contribution in [1.29, 1.82) is 0 Å². The molecule has 0 unspecified atom stereocenters. The Balaban J connectivity index is 1.51. The molecule has 4 aromatic rings. The van der Waals surface area contributed by atoms with Crippen LogP contribution in [0.3, 0.4) is 0 Å². The first-order valence-electron chi connectivity index (χ1n) is 8.10. The van der Waals surface area contributed by atoms with Gasteiger partial charge in [-0.2, -0.15) is 4.98 Å². The van der Waals surface area contributed by atoms with Crippen LogP contribution >= 0.6 is 11.6 Å². The molecule has 0 aliphatic rings. The molecular weight excluding hydrogens is 384 g/mol. The SMILES string of the molecule is COc1cccc(NC(=O)c2nc(-c3cn(-c4ccc(Cl)cc4)nn3)no2)c1. The lowest BCUT2D eigenvalue weighted by molar-refractivity contribution is 0.0981. The third-order valence-electron chi connectivity index (χ3n) is 3.76. The molecule has 0 fully saturated rings. The quantitative estimate of drug-likeness (QED) is 0.551. The summed E-state index contributed by atoms with van der Waals surface area (Å²) in [4.78, 5) is 16.4. The van der Waals surface area contributed by atoms with Crippen molar-refractivity contribution >= 4 is 23.2 Å². The summed E-state index contributed by atoms with van der Waals surface area (Å²) in [6.07, 6.45) is 1.62. The Morgan fingerprint density at radius 1 is 1.21 bits per heavy atom. The fourth-order valence-corrected chi connectivity index (χ4v) is 2.52. The largest absolute Gasteiger partial charge is 0.497 e. The van der Waals surface area contributed by atoms with E-state index in [4.69, 9.17) is 20.9 Å². The van der Waals surface area contributed by atoms with E-state index in [0.29, 0.717) is 22.2 Å². The molecule has 0 aliphatic carbocycles. The number of nitrogens with zero attached hydrogens (tertiary/aromatic N) is 5. The first-order chi connectivity index (χ1) is 13.6. The molecule has 2 aromatic heterocycles. The Morgan fingerprint density at radius 2 is 2.04 bits per heavy atom. The van der Waals surface area contributed by atoms with Crippen LogP contribution in [-0.4, -0.2) is 38.2 Å². The average Bonchev–Trinajstić information content (AvgIpc) is 3.38.